The average Bonchev–Trinajstić information content (AvgIpc) is 2.58. The third kappa shape index (κ3) is 6.10. The Balaban J connectivity index is 2.04. The van der Waals surface area contributed by atoms with Gasteiger partial charge in [-0.2, -0.15) is 0 Å². The molecule has 0 heterocycles. The lowest BCUT2D eigenvalue weighted by Gasteiger charge is -2.11. The first-order valence-corrected chi connectivity index (χ1v) is 9.76. The number of rotatable bonds is 7. The molecule has 1 amide bonds. The van der Waals surface area contributed by atoms with Crippen LogP contribution in [0, 0.1) is 13.8 Å². The van der Waals surface area contributed by atoms with E-state index >= 15 is 0 Å². The highest BCUT2D eigenvalue weighted by Gasteiger charge is 2.15. The van der Waals surface area contributed by atoms with Crippen molar-refractivity contribution in [3.63, 3.8) is 0 Å². The van der Waals surface area contributed by atoms with Crippen LogP contribution < -0.4 is 10.0 Å². The number of nitrogens with one attached hydrogen (secondary N) is 2. The number of carbonyl (C=O) groups is 2. The van der Waals surface area contributed by atoms with Crippen LogP contribution in [0.4, 0.5) is 11.4 Å². The maximum Gasteiger partial charge on any atom is 0.306 e. The van der Waals surface area contributed by atoms with Gasteiger partial charge in [0.2, 0.25) is 5.91 Å². The molecule has 0 radical (unpaired) electrons. The van der Waals surface area contributed by atoms with Gasteiger partial charge in [0.1, 0.15) is 0 Å². The van der Waals surface area contributed by atoms with Gasteiger partial charge < -0.3 is 10.1 Å². The van der Waals surface area contributed by atoms with E-state index in [-0.39, 0.29) is 23.6 Å². The predicted molar refractivity (Wildman–Crippen MR) is 103 cm³/mol. The molecule has 0 saturated carbocycles. The molecule has 0 atom stereocenters. The third-order valence-electron chi connectivity index (χ3n) is 3.71. The number of benzene rings is 2. The minimum Gasteiger partial charge on any atom is -0.469 e. The first kappa shape index (κ1) is 20.4. The van der Waals surface area contributed by atoms with Gasteiger partial charge in [0, 0.05) is 17.8 Å². The van der Waals surface area contributed by atoms with Crippen molar-refractivity contribution in [2.24, 2.45) is 0 Å². The Morgan fingerprint density at radius 1 is 0.926 bits per heavy atom. The van der Waals surface area contributed by atoms with E-state index in [1.807, 2.05) is 19.9 Å². The Morgan fingerprint density at radius 2 is 1.52 bits per heavy atom. The van der Waals surface area contributed by atoms with Crippen LogP contribution in [-0.4, -0.2) is 27.4 Å². The third-order valence-corrected chi connectivity index (χ3v) is 5.10. The summed E-state index contributed by atoms with van der Waals surface area (Å²) in [5, 5.41) is 2.60. The summed E-state index contributed by atoms with van der Waals surface area (Å²) in [6, 6.07) is 11.2. The van der Waals surface area contributed by atoms with Gasteiger partial charge in [-0.25, -0.2) is 8.42 Å². The number of sulfonamides is 1. The lowest BCUT2D eigenvalue weighted by molar-refractivity contribution is -0.141. The van der Waals surface area contributed by atoms with E-state index in [2.05, 4.69) is 14.8 Å². The Labute approximate surface area is 158 Å². The second kappa shape index (κ2) is 8.68. The number of amides is 1. The minimum atomic E-state index is -3.74. The largest absolute Gasteiger partial charge is 0.469 e. The zero-order valence-electron chi connectivity index (χ0n) is 15.4. The Kier molecular flexibility index (Phi) is 6.57. The van der Waals surface area contributed by atoms with Gasteiger partial charge in [0.05, 0.1) is 18.4 Å². The molecule has 0 aliphatic carbocycles. The minimum absolute atomic E-state index is 0.0129. The van der Waals surface area contributed by atoms with Crippen molar-refractivity contribution in [3.05, 3.63) is 53.6 Å². The van der Waals surface area contributed by atoms with Crippen LogP contribution in [0.3, 0.4) is 0 Å². The van der Waals surface area contributed by atoms with E-state index in [9.17, 15) is 18.0 Å². The number of carbonyl (C=O) groups excluding carboxylic acids is 2. The van der Waals surface area contributed by atoms with Gasteiger partial charge in [-0.15, -0.1) is 0 Å². The molecule has 0 bridgehead atoms. The lowest BCUT2D eigenvalue weighted by atomic mass is 10.1. The summed E-state index contributed by atoms with van der Waals surface area (Å²) < 4.78 is 32.1. The van der Waals surface area contributed by atoms with E-state index in [1.165, 1.54) is 31.4 Å². The zero-order chi connectivity index (χ0) is 20.0. The number of hydrogen-bond donors (Lipinski definition) is 2. The molecule has 0 saturated heterocycles. The molecule has 2 aromatic rings. The van der Waals surface area contributed by atoms with Gasteiger partial charge in [-0.1, -0.05) is 6.07 Å². The van der Waals surface area contributed by atoms with Gasteiger partial charge in [-0.05, 0) is 61.4 Å². The summed E-state index contributed by atoms with van der Waals surface area (Å²) in [7, 11) is -2.49. The predicted octanol–water partition coefficient (Wildman–Crippen LogP) is 3.00. The fraction of sp³-hybridized carbons (Fsp3) is 0.263. The molecular weight excluding hydrogens is 368 g/mol. The SMILES string of the molecule is COC(=O)CCC(=O)Nc1ccc(S(=O)(=O)Nc2cc(C)cc(C)c2)cc1. The summed E-state index contributed by atoms with van der Waals surface area (Å²) in [6.45, 7) is 3.78. The van der Waals surface area contributed by atoms with Crippen LogP contribution >= 0.6 is 0 Å². The second-order valence-electron chi connectivity index (χ2n) is 6.13. The average molecular weight is 390 g/mol. The van der Waals surface area contributed by atoms with Gasteiger partial charge in [0.25, 0.3) is 10.0 Å². The normalized spacial score (nSPS) is 10.9. The zero-order valence-corrected chi connectivity index (χ0v) is 16.2. The van der Waals surface area contributed by atoms with Gasteiger partial charge >= 0.3 is 5.97 Å². The van der Waals surface area contributed by atoms with Gasteiger partial charge in [-0.3, -0.25) is 14.3 Å². The summed E-state index contributed by atoms with van der Waals surface area (Å²) in [4.78, 5) is 22.9. The first-order valence-electron chi connectivity index (χ1n) is 8.27. The van der Waals surface area contributed by atoms with Crippen LogP contribution in [-0.2, 0) is 24.3 Å². The Hall–Kier alpha value is -2.87. The molecule has 0 fully saturated rings. The topological polar surface area (TPSA) is 102 Å². The molecule has 7 nitrogen and oxygen atoms in total. The highest BCUT2D eigenvalue weighted by atomic mass is 32.2. The Bertz CT molecular complexity index is 917. The smallest absolute Gasteiger partial charge is 0.306 e. The second-order valence-corrected chi connectivity index (χ2v) is 7.81. The van der Waals surface area contributed by atoms with Crippen molar-refractivity contribution in [2.75, 3.05) is 17.1 Å². The molecule has 0 aliphatic heterocycles. The van der Waals surface area contributed by atoms with E-state index in [0.29, 0.717) is 11.4 Å². The van der Waals surface area contributed by atoms with Crippen molar-refractivity contribution in [2.45, 2.75) is 31.6 Å². The highest BCUT2D eigenvalue weighted by molar-refractivity contribution is 7.92. The molecule has 2 N–H and O–H groups in total. The van der Waals surface area contributed by atoms with E-state index < -0.39 is 16.0 Å². The highest BCUT2D eigenvalue weighted by Crippen LogP contribution is 2.20. The van der Waals surface area contributed by atoms with Crippen molar-refractivity contribution in [1.82, 2.24) is 0 Å². The molecule has 0 spiro atoms. The van der Waals surface area contributed by atoms with Crippen LogP contribution in [0.1, 0.15) is 24.0 Å². The number of methoxy groups -OCH3 is 1. The molecule has 2 aromatic carbocycles. The fourth-order valence-electron chi connectivity index (χ4n) is 2.51. The van der Waals surface area contributed by atoms with E-state index in [0.717, 1.165) is 11.1 Å². The number of ether oxygens (including phenoxy) is 1. The maximum atomic E-state index is 12.5. The fourth-order valence-corrected chi connectivity index (χ4v) is 3.55. The quantitative estimate of drug-likeness (QED) is 0.708. The summed E-state index contributed by atoms with van der Waals surface area (Å²) in [5.41, 5.74) is 2.85. The Morgan fingerprint density at radius 3 is 2.07 bits per heavy atom. The number of hydrogen-bond acceptors (Lipinski definition) is 5. The molecule has 8 heteroatoms. The van der Waals surface area contributed by atoms with Crippen molar-refractivity contribution in [3.8, 4) is 0 Å². The monoisotopic (exact) mass is 390 g/mol. The molecule has 0 unspecified atom stereocenters. The van der Waals surface area contributed by atoms with Crippen LogP contribution in [0.2, 0.25) is 0 Å². The molecule has 27 heavy (non-hydrogen) atoms. The van der Waals surface area contributed by atoms with E-state index in [1.54, 1.807) is 12.1 Å². The molecular formula is C19H22N2O5S. The summed E-state index contributed by atoms with van der Waals surface area (Å²) in [6.07, 6.45) is -0.0321. The van der Waals surface area contributed by atoms with Crippen LogP contribution in [0.15, 0.2) is 47.4 Å². The molecule has 144 valence electrons. The van der Waals surface area contributed by atoms with E-state index in [4.69, 9.17) is 0 Å². The maximum absolute atomic E-state index is 12.5. The van der Waals surface area contributed by atoms with Crippen LogP contribution in [0.5, 0.6) is 0 Å². The van der Waals surface area contributed by atoms with Crippen LogP contribution in [0.25, 0.3) is 0 Å². The summed E-state index contributed by atoms with van der Waals surface area (Å²) >= 11 is 0. The first-order chi connectivity index (χ1) is 12.7. The van der Waals surface area contributed by atoms with Crippen molar-refractivity contribution in [1.29, 1.82) is 0 Å². The lowest BCUT2D eigenvalue weighted by Crippen LogP contribution is -2.15. The number of esters is 1. The molecule has 0 aromatic heterocycles. The molecule has 0 aliphatic rings. The number of anilines is 2. The van der Waals surface area contributed by atoms with Crippen molar-refractivity contribution >= 4 is 33.3 Å². The standard InChI is InChI=1S/C19H22N2O5S/c1-13-10-14(2)12-16(11-13)21-27(24,25)17-6-4-15(5-7-17)20-18(22)8-9-19(23)26-3/h4-7,10-12,21H,8-9H2,1-3H3,(H,20,22). The van der Waals surface area contributed by atoms with Crippen molar-refractivity contribution < 1.29 is 22.7 Å². The van der Waals surface area contributed by atoms with Gasteiger partial charge in [0.15, 0.2) is 0 Å². The number of aryl methyl sites for hydroxylation is 2. The summed E-state index contributed by atoms with van der Waals surface area (Å²) in [5.74, 6) is -0.826. The molecule has 2 rings (SSSR count).